The van der Waals surface area contributed by atoms with E-state index >= 15 is 0 Å². The minimum atomic E-state index is -2.72. The number of aliphatic hydroxyl groups is 1. The number of halogens is 2. The number of imidazole rings is 3. The molecule has 0 saturated carbocycles. The maximum absolute atomic E-state index is 14.5. The molecular weight excluding hydrogens is 516 g/mol. The number of aromatic nitrogens is 6. The van der Waals surface area contributed by atoms with Crippen molar-refractivity contribution in [1.29, 1.82) is 0 Å². The van der Waals surface area contributed by atoms with Gasteiger partial charge in [-0.05, 0) is 38.1 Å². The number of β-amino-alcohol motifs (C(OH)–C–C–N with tert-alkyl or cyclic N) is 1. The van der Waals surface area contributed by atoms with Crippen LogP contribution in [0.5, 0.6) is 0 Å². The summed E-state index contributed by atoms with van der Waals surface area (Å²) in [4.78, 5) is 24.2. The normalized spacial score (nSPS) is 15.5. The summed E-state index contributed by atoms with van der Waals surface area (Å²) in [5, 5.41) is 10.5. The van der Waals surface area contributed by atoms with E-state index in [0.717, 1.165) is 16.9 Å². The van der Waals surface area contributed by atoms with Crippen LogP contribution in [-0.4, -0.2) is 52.0 Å². The molecule has 3 aromatic heterocycles. The molecule has 11 heteroatoms. The Hall–Kier alpha value is -3.99. The number of nitrogens with zero attached hydrogens (tertiary/aromatic N) is 7. The van der Waals surface area contributed by atoms with Crippen LogP contribution in [0.1, 0.15) is 51.2 Å². The molecule has 6 rings (SSSR count). The maximum Gasteiger partial charge on any atom is 0.328 e. The molecule has 0 spiro atoms. The number of alkyl halides is 2. The molecule has 1 saturated heterocycles. The molecule has 40 heavy (non-hydrogen) atoms. The average molecular weight is 550 g/mol. The number of anilines is 1. The molecule has 0 amide bonds. The van der Waals surface area contributed by atoms with Crippen LogP contribution in [0.25, 0.3) is 33.4 Å². The van der Waals surface area contributed by atoms with Crippen molar-refractivity contribution in [2.24, 2.45) is 14.1 Å². The van der Waals surface area contributed by atoms with E-state index in [4.69, 9.17) is 4.98 Å². The molecular formula is C29H33F2N7O2. The first-order chi connectivity index (χ1) is 18.7. The Balaban J connectivity index is 1.68. The first kappa shape index (κ1) is 26.2. The van der Waals surface area contributed by atoms with Gasteiger partial charge in [0.1, 0.15) is 5.82 Å². The van der Waals surface area contributed by atoms with Gasteiger partial charge in [-0.1, -0.05) is 20.8 Å². The summed E-state index contributed by atoms with van der Waals surface area (Å²) in [6, 6.07) is 7.06. The highest BCUT2D eigenvalue weighted by molar-refractivity contribution is 5.93. The highest BCUT2D eigenvalue weighted by Gasteiger charge is 2.38. The Labute approximate surface area is 229 Å². The summed E-state index contributed by atoms with van der Waals surface area (Å²) in [5.74, 6) is 0.698. The molecule has 1 aliphatic heterocycles. The average Bonchev–Trinajstić information content (AvgIpc) is 3.52. The van der Waals surface area contributed by atoms with Crippen LogP contribution in [-0.2, 0) is 19.5 Å². The molecule has 0 atom stereocenters. The van der Waals surface area contributed by atoms with Crippen molar-refractivity contribution >= 4 is 27.8 Å². The molecule has 1 fully saturated rings. The van der Waals surface area contributed by atoms with Gasteiger partial charge in [0.25, 0.3) is 6.43 Å². The second-order valence-electron chi connectivity index (χ2n) is 12.2. The molecule has 9 nitrogen and oxygen atoms in total. The fourth-order valence-electron chi connectivity index (χ4n) is 5.77. The van der Waals surface area contributed by atoms with Gasteiger partial charge < -0.3 is 14.6 Å². The highest BCUT2D eigenvalue weighted by Crippen LogP contribution is 2.39. The van der Waals surface area contributed by atoms with Gasteiger partial charge in [0.2, 0.25) is 0 Å². The Kier molecular flexibility index (Phi) is 5.58. The number of benzene rings is 2. The van der Waals surface area contributed by atoms with Gasteiger partial charge in [-0.2, -0.15) is 0 Å². The van der Waals surface area contributed by atoms with E-state index in [1.807, 2.05) is 49.3 Å². The molecule has 210 valence electrons. The second-order valence-corrected chi connectivity index (χ2v) is 12.2. The van der Waals surface area contributed by atoms with E-state index in [1.165, 1.54) is 12.4 Å². The zero-order chi connectivity index (χ0) is 28.9. The van der Waals surface area contributed by atoms with E-state index in [-0.39, 0.29) is 11.3 Å². The standard InChI is InChI=1S/C29H33F2N7O2/c1-16-12-36(15-32-16)20-11-19-21(10-18(20)25(30)31)38(26(33-19)28(2,3)4)17-8-22-24(35(7)27(39)34(22)6)23(9-17)37-13-29(5,40)14-37/h8-12,15,25,40H,13-14H2,1-7H3. The van der Waals surface area contributed by atoms with Crippen LogP contribution in [0.4, 0.5) is 14.5 Å². The van der Waals surface area contributed by atoms with Gasteiger partial charge >= 0.3 is 5.69 Å². The van der Waals surface area contributed by atoms with Crippen LogP contribution in [0.3, 0.4) is 0 Å². The molecule has 0 bridgehead atoms. The van der Waals surface area contributed by atoms with Crippen molar-refractivity contribution in [3.05, 3.63) is 64.4 Å². The largest absolute Gasteiger partial charge is 0.386 e. The SMILES string of the molecule is Cc1cn(-c2cc3nc(C(C)(C)C)n(-c4cc(N5CC(C)(O)C5)c5c(c4)n(C)c(=O)n5C)c3cc2C(F)F)cn1. The number of aryl methyl sites for hydroxylation is 3. The van der Waals surface area contributed by atoms with Crippen molar-refractivity contribution in [2.45, 2.75) is 52.1 Å². The van der Waals surface area contributed by atoms with Gasteiger partial charge in [-0.15, -0.1) is 0 Å². The molecule has 0 radical (unpaired) electrons. The van der Waals surface area contributed by atoms with E-state index in [1.54, 1.807) is 47.0 Å². The lowest BCUT2D eigenvalue weighted by atomic mass is 9.95. The monoisotopic (exact) mass is 549 g/mol. The fraction of sp³-hybridized carbons (Fsp3) is 0.414. The lowest BCUT2D eigenvalue weighted by molar-refractivity contribution is 0.0312. The van der Waals surface area contributed by atoms with E-state index in [9.17, 15) is 18.7 Å². The smallest absolute Gasteiger partial charge is 0.328 e. The summed E-state index contributed by atoms with van der Waals surface area (Å²) >= 11 is 0. The van der Waals surface area contributed by atoms with Gasteiger partial charge in [-0.3, -0.25) is 13.7 Å². The van der Waals surface area contributed by atoms with E-state index in [2.05, 4.69) is 4.98 Å². The number of hydrogen-bond acceptors (Lipinski definition) is 5. The molecule has 0 aliphatic carbocycles. The third kappa shape index (κ3) is 3.94. The highest BCUT2D eigenvalue weighted by atomic mass is 19.3. The molecule has 4 heterocycles. The second kappa shape index (κ2) is 8.50. The predicted octanol–water partition coefficient (Wildman–Crippen LogP) is 4.52. The fourth-order valence-corrected chi connectivity index (χ4v) is 5.77. The summed E-state index contributed by atoms with van der Waals surface area (Å²) in [5.41, 5.74) is 3.55. The summed E-state index contributed by atoms with van der Waals surface area (Å²) in [7, 11) is 3.45. The van der Waals surface area contributed by atoms with Crippen LogP contribution in [0, 0.1) is 6.92 Å². The molecule has 1 aliphatic rings. The van der Waals surface area contributed by atoms with Crippen molar-refractivity contribution in [2.75, 3.05) is 18.0 Å². The third-order valence-electron chi connectivity index (χ3n) is 7.69. The topological polar surface area (TPSA) is 86.0 Å². The third-order valence-corrected chi connectivity index (χ3v) is 7.69. The van der Waals surface area contributed by atoms with Crippen molar-refractivity contribution in [3.63, 3.8) is 0 Å². The Morgan fingerprint density at radius 1 is 1.02 bits per heavy atom. The predicted molar refractivity (Wildman–Crippen MR) is 151 cm³/mol. The Bertz CT molecular complexity index is 1860. The minimum Gasteiger partial charge on any atom is -0.386 e. The Morgan fingerprint density at radius 2 is 1.73 bits per heavy atom. The quantitative estimate of drug-likeness (QED) is 0.357. The zero-order valence-corrected chi connectivity index (χ0v) is 23.7. The lowest BCUT2D eigenvalue weighted by Gasteiger charge is -2.46. The van der Waals surface area contributed by atoms with Crippen LogP contribution >= 0.6 is 0 Å². The summed E-state index contributed by atoms with van der Waals surface area (Å²) in [6.07, 6.45) is 0.523. The van der Waals surface area contributed by atoms with Crippen molar-refractivity contribution in [3.8, 4) is 11.4 Å². The first-order valence-electron chi connectivity index (χ1n) is 13.2. The summed E-state index contributed by atoms with van der Waals surface area (Å²) < 4.78 is 35.7. The lowest BCUT2D eigenvalue weighted by Crippen LogP contribution is -2.60. The summed E-state index contributed by atoms with van der Waals surface area (Å²) in [6.45, 7) is 10.5. The first-order valence-corrected chi connectivity index (χ1v) is 13.2. The van der Waals surface area contributed by atoms with Gasteiger partial charge in [-0.25, -0.2) is 23.5 Å². The molecule has 5 aromatic rings. The van der Waals surface area contributed by atoms with Crippen LogP contribution in [0.2, 0.25) is 0 Å². The Morgan fingerprint density at radius 3 is 2.30 bits per heavy atom. The van der Waals surface area contributed by atoms with E-state index < -0.39 is 17.4 Å². The van der Waals surface area contributed by atoms with Gasteiger partial charge in [0.05, 0.1) is 56.8 Å². The number of hydrogen-bond donors (Lipinski definition) is 1. The van der Waals surface area contributed by atoms with Crippen LogP contribution in [0.15, 0.2) is 41.6 Å². The maximum atomic E-state index is 14.5. The number of rotatable bonds is 4. The van der Waals surface area contributed by atoms with Crippen molar-refractivity contribution in [1.82, 2.24) is 28.2 Å². The van der Waals surface area contributed by atoms with E-state index in [0.29, 0.717) is 46.8 Å². The van der Waals surface area contributed by atoms with Gasteiger partial charge in [0.15, 0.2) is 0 Å². The van der Waals surface area contributed by atoms with Crippen LogP contribution < -0.4 is 10.6 Å². The number of fused-ring (bicyclic) bond motifs is 2. The molecule has 2 aromatic carbocycles. The minimum absolute atomic E-state index is 0.126. The molecule has 1 N–H and O–H groups in total. The van der Waals surface area contributed by atoms with Crippen molar-refractivity contribution < 1.29 is 13.9 Å². The molecule has 0 unspecified atom stereocenters. The van der Waals surface area contributed by atoms with Gasteiger partial charge in [0, 0.05) is 44.4 Å². The zero-order valence-electron chi connectivity index (χ0n) is 23.7.